The number of fused-ring (bicyclic) bond motifs is 1. The Bertz CT molecular complexity index is 588. The summed E-state index contributed by atoms with van der Waals surface area (Å²) < 4.78 is 0. The summed E-state index contributed by atoms with van der Waals surface area (Å²) in [5, 5.41) is 0. The summed E-state index contributed by atoms with van der Waals surface area (Å²) in [6.07, 6.45) is 0. The molecule has 13 heavy (non-hydrogen) atoms. The van der Waals surface area contributed by atoms with Crippen molar-refractivity contribution in [3.05, 3.63) is 31.3 Å². The number of rotatable bonds is 0. The van der Waals surface area contributed by atoms with Gasteiger partial charge in [0.1, 0.15) is 5.52 Å². The van der Waals surface area contributed by atoms with Gasteiger partial charge in [0, 0.05) is 21.1 Å². The van der Waals surface area contributed by atoms with Gasteiger partial charge in [-0.15, -0.1) is 0 Å². The predicted molar refractivity (Wildman–Crippen MR) is 39.1 cm³/mol. The first-order valence-electron chi connectivity index (χ1n) is 3.06. The van der Waals surface area contributed by atoms with Crippen LogP contribution in [0.3, 0.4) is 0 Å². The molecular weight excluding hydrogens is 260 g/mol. The Morgan fingerprint density at radius 2 is 1.69 bits per heavy atom. The molecule has 2 aromatic rings. The summed E-state index contributed by atoms with van der Waals surface area (Å²) in [4.78, 5) is 41.8. The van der Waals surface area contributed by atoms with Crippen LogP contribution in [0.15, 0.2) is 14.4 Å². The number of nitrogens with one attached hydrogen (secondary N) is 3. The second-order valence-electron chi connectivity index (χ2n) is 2.18. The molecule has 2 aromatic heterocycles. The van der Waals surface area contributed by atoms with Gasteiger partial charge in [-0.05, 0) is 0 Å². The molecule has 0 fully saturated rings. The maximum atomic E-state index is 10.9. The average Bonchev–Trinajstić information content (AvgIpc) is 2.29. The number of aromatic nitrogens is 4. The summed E-state index contributed by atoms with van der Waals surface area (Å²) >= 11 is 0. The van der Waals surface area contributed by atoms with E-state index in [1.165, 1.54) is 0 Å². The molecule has 8 heteroatoms. The zero-order valence-electron chi connectivity index (χ0n) is 6.08. The molecule has 0 aliphatic heterocycles. The predicted octanol–water partition coefficient (Wildman–Crippen LogP) is -2.14. The van der Waals surface area contributed by atoms with Gasteiger partial charge in [0.15, 0.2) is 11.2 Å². The Balaban J connectivity index is 0.000000845. The van der Waals surface area contributed by atoms with Crippen molar-refractivity contribution in [1.29, 1.82) is 0 Å². The molecule has 0 aliphatic rings. The molecule has 0 radical (unpaired) electrons. The number of hydrogen-bond acceptors (Lipinski definition) is 3. The Morgan fingerprint density at radius 1 is 1.00 bits per heavy atom. The van der Waals surface area contributed by atoms with E-state index in [1.807, 2.05) is 0 Å². The fraction of sp³-hybridized carbons (Fsp3) is 0. The normalized spacial score (nSPS) is 9.85. The van der Waals surface area contributed by atoms with E-state index in [9.17, 15) is 14.4 Å². The molecule has 0 aromatic carbocycles. The van der Waals surface area contributed by atoms with E-state index in [4.69, 9.17) is 0 Å². The fourth-order valence-corrected chi connectivity index (χ4v) is 0.920. The molecule has 0 amide bonds. The Morgan fingerprint density at radius 3 is 2.38 bits per heavy atom. The van der Waals surface area contributed by atoms with Gasteiger partial charge >= 0.3 is 5.69 Å². The van der Waals surface area contributed by atoms with Crippen molar-refractivity contribution < 1.29 is 21.1 Å². The minimum Gasteiger partial charge on any atom is -0.409 e. The van der Waals surface area contributed by atoms with Crippen LogP contribution in [0.1, 0.15) is 0 Å². The number of imidazole rings is 1. The van der Waals surface area contributed by atoms with Gasteiger partial charge in [-0.3, -0.25) is 9.59 Å². The molecule has 0 spiro atoms. The van der Waals surface area contributed by atoms with E-state index in [-0.39, 0.29) is 32.2 Å². The van der Waals surface area contributed by atoms with Gasteiger partial charge in [-0.25, -0.2) is 4.79 Å². The number of H-pyrrole nitrogens is 3. The van der Waals surface area contributed by atoms with Crippen LogP contribution in [0, 0.1) is 0 Å². The van der Waals surface area contributed by atoms with Gasteiger partial charge in [0.2, 0.25) is 0 Å². The molecule has 0 atom stereocenters. The Kier molecular flexibility index (Phi) is 2.38. The summed E-state index contributed by atoms with van der Waals surface area (Å²) in [5.41, 5.74) is -2.01. The number of aromatic amines is 3. The quantitative estimate of drug-likeness (QED) is 0.471. The van der Waals surface area contributed by atoms with Gasteiger partial charge in [-0.1, -0.05) is 0 Å². The van der Waals surface area contributed by atoms with E-state index in [0.29, 0.717) is 0 Å². The van der Waals surface area contributed by atoms with Crippen LogP contribution in [0.4, 0.5) is 0 Å². The first kappa shape index (κ1) is 9.72. The Hall–Kier alpha value is -1.36. The topological polar surface area (TPSA) is 113 Å². The molecule has 3 N–H and O–H groups in total. The standard InChI is InChI=1S/C5H4N4O3.Mo/c10-3-1-2(7-4(11)6-1)8-5(12)9-3;/h(H4,6,7,8,9,10,11,12);/p-1. The molecule has 2 rings (SSSR count). The maximum Gasteiger partial charge on any atom is 0.323 e. The molecule has 0 saturated heterocycles. The third-order valence-corrected chi connectivity index (χ3v) is 1.38. The minimum atomic E-state index is -0.775. The zero-order chi connectivity index (χ0) is 8.72. The number of hydrogen-bond donors (Lipinski definition) is 3. The number of nitrogens with zero attached hydrogens (tertiary/aromatic N) is 1. The van der Waals surface area contributed by atoms with E-state index in [1.54, 1.807) is 0 Å². The van der Waals surface area contributed by atoms with Gasteiger partial charge in [0.05, 0.1) is 5.65 Å². The zero-order valence-corrected chi connectivity index (χ0v) is 8.09. The second kappa shape index (κ2) is 3.18. The molecule has 0 unspecified atom stereocenters. The van der Waals surface area contributed by atoms with Crippen molar-refractivity contribution >= 4 is 11.2 Å². The largest absolute Gasteiger partial charge is 0.409 e. The smallest absolute Gasteiger partial charge is 0.323 e. The van der Waals surface area contributed by atoms with Crippen molar-refractivity contribution in [3.8, 4) is 0 Å². The van der Waals surface area contributed by atoms with Crippen molar-refractivity contribution in [2.75, 3.05) is 0 Å². The summed E-state index contributed by atoms with van der Waals surface area (Å²) in [7, 11) is 0. The minimum absolute atomic E-state index is 0. The van der Waals surface area contributed by atoms with Crippen LogP contribution in [0.25, 0.3) is 11.2 Å². The van der Waals surface area contributed by atoms with Crippen LogP contribution in [-0.4, -0.2) is 15.0 Å². The van der Waals surface area contributed by atoms with Crippen molar-refractivity contribution in [2.45, 2.75) is 0 Å². The van der Waals surface area contributed by atoms with Crippen LogP contribution in [0.5, 0.6) is 0 Å². The molecule has 0 bridgehead atoms. The van der Waals surface area contributed by atoms with Gasteiger partial charge in [0.25, 0.3) is 0 Å². The molecular formula is C5H3MoN4O3-. The van der Waals surface area contributed by atoms with E-state index in [2.05, 4.69) is 19.9 Å². The molecule has 2 heterocycles. The molecule has 68 valence electrons. The summed E-state index contributed by atoms with van der Waals surface area (Å²) in [6.45, 7) is 0. The molecule has 0 saturated carbocycles. The van der Waals surface area contributed by atoms with E-state index in [0.717, 1.165) is 0 Å². The summed E-state index contributed by atoms with van der Waals surface area (Å²) in [5.74, 6) is 0. The SMILES string of the molecule is O=c1[n-]c(=O)c2[nH]c(=O)[nH]c2[nH]1.[Mo]. The fourth-order valence-electron chi connectivity index (χ4n) is 0.920. The Labute approximate surface area is 83.9 Å². The summed E-state index contributed by atoms with van der Waals surface area (Å²) in [6, 6.07) is 0. The van der Waals surface area contributed by atoms with Crippen LogP contribution in [-0.2, 0) is 21.1 Å². The van der Waals surface area contributed by atoms with Crippen LogP contribution >= 0.6 is 0 Å². The first-order chi connectivity index (χ1) is 5.66. The molecule has 7 nitrogen and oxygen atoms in total. The van der Waals surface area contributed by atoms with Crippen LogP contribution < -0.4 is 21.9 Å². The van der Waals surface area contributed by atoms with Crippen molar-refractivity contribution in [1.82, 2.24) is 19.9 Å². The monoisotopic (exact) mass is 265 g/mol. The van der Waals surface area contributed by atoms with Crippen LogP contribution in [0.2, 0.25) is 0 Å². The molecule has 0 aliphatic carbocycles. The maximum absolute atomic E-state index is 10.9. The second-order valence-corrected chi connectivity index (χ2v) is 2.18. The average molecular weight is 263 g/mol. The van der Waals surface area contributed by atoms with Gasteiger partial charge < -0.3 is 19.9 Å². The van der Waals surface area contributed by atoms with E-state index >= 15 is 0 Å². The van der Waals surface area contributed by atoms with Crippen molar-refractivity contribution in [2.24, 2.45) is 0 Å². The first-order valence-corrected chi connectivity index (χ1v) is 3.06. The third kappa shape index (κ3) is 1.55. The third-order valence-electron chi connectivity index (χ3n) is 1.38. The van der Waals surface area contributed by atoms with E-state index < -0.39 is 16.9 Å². The van der Waals surface area contributed by atoms with Gasteiger partial charge in [-0.2, -0.15) is 0 Å². The van der Waals surface area contributed by atoms with Crippen molar-refractivity contribution in [3.63, 3.8) is 0 Å².